The highest BCUT2D eigenvalue weighted by Gasteiger charge is 2.38. The van der Waals surface area contributed by atoms with Crippen molar-refractivity contribution in [2.24, 2.45) is 11.3 Å². The van der Waals surface area contributed by atoms with Crippen LogP contribution >= 0.6 is 0 Å². The van der Waals surface area contributed by atoms with Crippen LogP contribution in [0, 0.1) is 11.3 Å². The van der Waals surface area contributed by atoms with E-state index in [0.717, 1.165) is 12.0 Å². The molecule has 2 aliphatic rings. The third-order valence-corrected chi connectivity index (χ3v) is 5.21. The average molecular weight is 267 g/mol. The molecule has 3 heteroatoms. The fraction of sp³-hybridized carbons (Fsp3) is 1.00. The fourth-order valence-corrected chi connectivity index (χ4v) is 4.31. The molecule has 19 heavy (non-hydrogen) atoms. The Morgan fingerprint density at radius 2 is 2.11 bits per heavy atom. The predicted molar refractivity (Wildman–Crippen MR) is 82.5 cm³/mol. The van der Waals surface area contributed by atoms with E-state index in [1.165, 1.54) is 58.4 Å². The number of hydrogen-bond acceptors (Lipinski definition) is 3. The summed E-state index contributed by atoms with van der Waals surface area (Å²) in [5.41, 5.74) is 0.550. The minimum Gasteiger partial charge on any atom is -0.316 e. The monoisotopic (exact) mass is 267 g/mol. The van der Waals surface area contributed by atoms with Gasteiger partial charge in [0.05, 0.1) is 0 Å². The molecule has 0 amide bonds. The minimum absolute atomic E-state index is 0.550. The lowest BCUT2D eigenvalue weighted by Gasteiger charge is -2.40. The molecule has 1 N–H and O–H groups in total. The van der Waals surface area contributed by atoms with Crippen LogP contribution in [0.1, 0.15) is 39.5 Å². The molecule has 0 aromatic carbocycles. The van der Waals surface area contributed by atoms with E-state index in [-0.39, 0.29) is 0 Å². The summed E-state index contributed by atoms with van der Waals surface area (Å²) < 4.78 is 0. The number of likely N-dealkylation sites (N-methyl/N-ethyl adjacent to an activating group) is 1. The summed E-state index contributed by atoms with van der Waals surface area (Å²) in [6.07, 6.45) is 5.49. The molecule has 3 atom stereocenters. The summed E-state index contributed by atoms with van der Waals surface area (Å²) in [6.45, 7) is 11.1. The highest BCUT2D eigenvalue weighted by Crippen LogP contribution is 2.34. The van der Waals surface area contributed by atoms with Gasteiger partial charge in [-0.3, -0.25) is 0 Å². The van der Waals surface area contributed by atoms with Crippen molar-refractivity contribution < 1.29 is 0 Å². The number of likely N-dealkylation sites (tertiary alicyclic amines) is 1. The van der Waals surface area contributed by atoms with Crippen molar-refractivity contribution in [3.05, 3.63) is 0 Å². The van der Waals surface area contributed by atoms with E-state index in [2.05, 4.69) is 43.1 Å². The van der Waals surface area contributed by atoms with Crippen LogP contribution in [-0.4, -0.2) is 62.7 Å². The minimum atomic E-state index is 0.550. The smallest absolute Gasteiger partial charge is 0.0254 e. The van der Waals surface area contributed by atoms with Gasteiger partial charge in [0, 0.05) is 32.2 Å². The van der Waals surface area contributed by atoms with Gasteiger partial charge in [-0.1, -0.05) is 20.3 Å². The SMILES string of the molecule is CCCC1(CN2CC(C)C(N(C)C)C2)CCCNC1. The number of nitrogens with zero attached hydrogens (tertiary/aromatic N) is 2. The van der Waals surface area contributed by atoms with E-state index in [9.17, 15) is 0 Å². The van der Waals surface area contributed by atoms with Gasteiger partial charge < -0.3 is 15.1 Å². The molecule has 2 aliphatic heterocycles. The van der Waals surface area contributed by atoms with Crippen LogP contribution in [0.4, 0.5) is 0 Å². The van der Waals surface area contributed by atoms with E-state index in [1.807, 2.05) is 0 Å². The number of rotatable bonds is 5. The van der Waals surface area contributed by atoms with E-state index in [0.29, 0.717) is 5.41 Å². The van der Waals surface area contributed by atoms with Crippen LogP contribution in [0.2, 0.25) is 0 Å². The van der Waals surface area contributed by atoms with Gasteiger partial charge in [0.25, 0.3) is 0 Å². The van der Waals surface area contributed by atoms with Crippen LogP contribution < -0.4 is 5.32 Å². The Bertz CT molecular complexity index is 266. The molecular weight excluding hydrogens is 234 g/mol. The Balaban J connectivity index is 1.95. The first-order valence-electron chi connectivity index (χ1n) is 8.16. The maximum Gasteiger partial charge on any atom is 0.0254 e. The zero-order valence-corrected chi connectivity index (χ0v) is 13.4. The summed E-state index contributed by atoms with van der Waals surface area (Å²) in [6, 6.07) is 0.746. The topological polar surface area (TPSA) is 18.5 Å². The van der Waals surface area contributed by atoms with Gasteiger partial charge in [-0.15, -0.1) is 0 Å². The maximum atomic E-state index is 3.64. The van der Waals surface area contributed by atoms with Gasteiger partial charge in [0.15, 0.2) is 0 Å². The van der Waals surface area contributed by atoms with Crippen LogP contribution in [0.3, 0.4) is 0 Å². The van der Waals surface area contributed by atoms with E-state index in [4.69, 9.17) is 0 Å². The van der Waals surface area contributed by atoms with Crippen molar-refractivity contribution in [2.45, 2.75) is 45.6 Å². The third kappa shape index (κ3) is 3.71. The molecule has 2 heterocycles. The first kappa shape index (κ1) is 15.3. The van der Waals surface area contributed by atoms with Crippen molar-refractivity contribution >= 4 is 0 Å². The Labute approximate surface area is 119 Å². The summed E-state index contributed by atoms with van der Waals surface area (Å²) in [5, 5.41) is 3.64. The van der Waals surface area contributed by atoms with Crippen molar-refractivity contribution in [3.8, 4) is 0 Å². The first-order chi connectivity index (χ1) is 9.06. The quantitative estimate of drug-likeness (QED) is 0.822. The second-order valence-corrected chi connectivity index (χ2v) is 7.23. The summed E-state index contributed by atoms with van der Waals surface area (Å²) >= 11 is 0. The van der Waals surface area contributed by atoms with E-state index < -0.39 is 0 Å². The van der Waals surface area contributed by atoms with Gasteiger partial charge >= 0.3 is 0 Å². The third-order valence-electron chi connectivity index (χ3n) is 5.21. The predicted octanol–water partition coefficient (Wildman–Crippen LogP) is 2.04. The molecule has 0 bridgehead atoms. The van der Waals surface area contributed by atoms with Crippen LogP contribution in [0.25, 0.3) is 0 Å². The lowest BCUT2D eigenvalue weighted by atomic mass is 9.76. The van der Waals surface area contributed by atoms with Crippen molar-refractivity contribution in [1.82, 2.24) is 15.1 Å². The maximum absolute atomic E-state index is 3.64. The van der Waals surface area contributed by atoms with Crippen molar-refractivity contribution in [3.63, 3.8) is 0 Å². The van der Waals surface area contributed by atoms with Gasteiger partial charge in [-0.05, 0) is 51.2 Å². The number of nitrogens with one attached hydrogen (secondary N) is 1. The fourth-order valence-electron chi connectivity index (χ4n) is 4.31. The molecule has 0 saturated carbocycles. The van der Waals surface area contributed by atoms with Gasteiger partial charge in [0.2, 0.25) is 0 Å². The Morgan fingerprint density at radius 1 is 1.32 bits per heavy atom. The van der Waals surface area contributed by atoms with Crippen LogP contribution in [-0.2, 0) is 0 Å². The summed E-state index contributed by atoms with van der Waals surface area (Å²) in [7, 11) is 4.46. The second kappa shape index (κ2) is 6.55. The van der Waals surface area contributed by atoms with E-state index in [1.54, 1.807) is 0 Å². The van der Waals surface area contributed by atoms with Crippen LogP contribution in [0.15, 0.2) is 0 Å². The zero-order chi connectivity index (χ0) is 13.9. The normalized spacial score (nSPS) is 37.1. The summed E-state index contributed by atoms with van der Waals surface area (Å²) in [5.74, 6) is 0.810. The molecule has 3 unspecified atom stereocenters. The van der Waals surface area contributed by atoms with Crippen molar-refractivity contribution in [2.75, 3.05) is 46.8 Å². The number of piperidine rings is 1. The van der Waals surface area contributed by atoms with Crippen LogP contribution in [0.5, 0.6) is 0 Å². The van der Waals surface area contributed by atoms with E-state index >= 15 is 0 Å². The zero-order valence-electron chi connectivity index (χ0n) is 13.4. The molecule has 2 fully saturated rings. The molecule has 112 valence electrons. The summed E-state index contributed by atoms with van der Waals surface area (Å²) in [4.78, 5) is 5.15. The average Bonchev–Trinajstić information content (AvgIpc) is 2.71. The Kier molecular flexibility index (Phi) is 5.27. The Morgan fingerprint density at radius 3 is 2.63 bits per heavy atom. The molecule has 0 spiro atoms. The molecule has 0 aliphatic carbocycles. The largest absolute Gasteiger partial charge is 0.316 e. The van der Waals surface area contributed by atoms with Crippen molar-refractivity contribution in [1.29, 1.82) is 0 Å². The first-order valence-corrected chi connectivity index (χ1v) is 8.16. The highest BCUT2D eigenvalue weighted by atomic mass is 15.2. The molecule has 0 radical (unpaired) electrons. The second-order valence-electron chi connectivity index (χ2n) is 7.23. The lowest BCUT2D eigenvalue weighted by molar-refractivity contribution is 0.116. The lowest BCUT2D eigenvalue weighted by Crippen LogP contribution is -2.47. The molecule has 0 aromatic heterocycles. The number of hydrogen-bond donors (Lipinski definition) is 1. The molecule has 3 nitrogen and oxygen atoms in total. The Hall–Kier alpha value is -0.120. The molecular formula is C16H33N3. The highest BCUT2D eigenvalue weighted by molar-refractivity contribution is 4.93. The van der Waals surface area contributed by atoms with Gasteiger partial charge in [0.1, 0.15) is 0 Å². The molecule has 2 saturated heterocycles. The standard InChI is InChI=1S/C16H33N3/c1-5-7-16(8-6-9-17-12-16)13-19-10-14(2)15(11-19)18(3)4/h14-15,17H,5-13H2,1-4H3. The van der Waals surface area contributed by atoms with Gasteiger partial charge in [-0.25, -0.2) is 0 Å². The molecule has 0 aromatic rings. The molecule has 2 rings (SSSR count). The van der Waals surface area contributed by atoms with Gasteiger partial charge in [-0.2, -0.15) is 0 Å².